The van der Waals surface area contributed by atoms with E-state index in [2.05, 4.69) is 0 Å². The maximum atomic E-state index is 12.0. The lowest BCUT2D eigenvalue weighted by atomic mass is 10.0. The first-order valence-corrected chi connectivity index (χ1v) is 4.84. The first-order chi connectivity index (χ1) is 7.59. The average molecular weight is 217 g/mol. The molecular formula is C12H11NO3. The van der Waals surface area contributed by atoms with Gasteiger partial charge in [0.1, 0.15) is 11.3 Å². The normalized spacial score (nSPS) is 17.0. The standard InChI is InChI=1S/C12H11NO3/c1-13(2)7-9-11(14)8-5-3-4-6-10(8)16-12(9)15/h3-7H,1-2H3. The number of hydrogen-bond acceptors (Lipinski definition) is 4. The average Bonchev–Trinajstić information content (AvgIpc) is 2.24. The Kier molecular flexibility index (Phi) is 2.48. The minimum absolute atomic E-state index is 0.0590. The van der Waals surface area contributed by atoms with Crippen LogP contribution in [-0.4, -0.2) is 30.7 Å². The second-order valence-electron chi connectivity index (χ2n) is 3.72. The van der Waals surface area contributed by atoms with E-state index in [1.54, 1.807) is 43.3 Å². The van der Waals surface area contributed by atoms with Gasteiger partial charge < -0.3 is 9.64 Å². The first kappa shape index (κ1) is 10.4. The number of nitrogens with zero attached hydrogens (tertiary/aromatic N) is 1. The van der Waals surface area contributed by atoms with Gasteiger partial charge in [-0.2, -0.15) is 0 Å². The molecule has 0 atom stereocenters. The van der Waals surface area contributed by atoms with Crippen LogP contribution >= 0.6 is 0 Å². The first-order valence-electron chi connectivity index (χ1n) is 4.84. The van der Waals surface area contributed by atoms with E-state index in [0.717, 1.165) is 0 Å². The van der Waals surface area contributed by atoms with Crippen molar-refractivity contribution in [3.63, 3.8) is 0 Å². The molecule has 0 aliphatic carbocycles. The van der Waals surface area contributed by atoms with Gasteiger partial charge in [-0.3, -0.25) is 4.79 Å². The molecule has 0 spiro atoms. The molecule has 16 heavy (non-hydrogen) atoms. The Hall–Kier alpha value is -2.10. The number of fused-ring (bicyclic) bond motifs is 1. The van der Waals surface area contributed by atoms with Crippen molar-refractivity contribution in [2.45, 2.75) is 0 Å². The van der Waals surface area contributed by atoms with E-state index >= 15 is 0 Å². The van der Waals surface area contributed by atoms with Gasteiger partial charge in [-0.15, -0.1) is 0 Å². The highest BCUT2D eigenvalue weighted by molar-refractivity contribution is 6.27. The van der Waals surface area contributed by atoms with Crippen molar-refractivity contribution in [3.8, 4) is 5.75 Å². The third-order valence-corrected chi connectivity index (χ3v) is 2.19. The van der Waals surface area contributed by atoms with Crippen molar-refractivity contribution in [2.75, 3.05) is 14.1 Å². The van der Waals surface area contributed by atoms with Crippen molar-refractivity contribution < 1.29 is 14.3 Å². The third kappa shape index (κ3) is 1.69. The van der Waals surface area contributed by atoms with E-state index in [0.29, 0.717) is 11.3 Å². The number of carbonyl (C=O) groups is 2. The fourth-order valence-corrected chi connectivity index (χ4v) is 1.51. The summed E-state index contributed by atoms with van der Waals surface area (Å²) in [6.07, 6.45) is 1.47. The molecule has 82 valence electrons. The van der Waals surface area contributed by atoms with Crippen molar-refractivity contribution >= 4 is 11.8 Å². The van der Waals surface area contributed by atoms with Gasteiger partial charge in [0.05, 0.1) is 5.56 Å². The number of hydrogen-bond donors (Lipinski definition) is 0. The molecule has 0 unspecified atom stereocenters. The summed E-state index contributed by atoms with van der Waals surface area (Å²) in [5.74, 6) is -0.564. The van der Waals surface area contributed by atoms with Crippen LogP contribution in [0.15, 0.2) is 36.0 Å². The molecule has 1 aliphatic rings. The van der Waals surface area contributed by atoms with Gasteiger partial charge in [-0.1, -0.05) is 12.1 Å². The van der Waals surface area contributed by atoms with E-state index < -0.39 is 5.97 Å². The number of benzene rings is 1. The van der Waals surface area contributed by atoms with Crippen molar-refractivity contribution in [3.05, 3.63) is 41.6 Å². The Labute approximate surface area is 93.1 Å². The zero-order chi connectivity index (χ0) is 11.7. The van der Waals surface area contributed by atoms with Crippen LogP contribution in [0.25, 0.3) is 0 Å². The predicted molar refractivity (Wildman–Crippen MR) is 58.2 cm³/mol. The van der Waals surface area contributed by atoms with E-state index in [-0.39, 0.29) is 11.4 Å². The molecule has 0 radical (unpaired) electrons. The molecule has 1 aromatic carbocycles. The topological polar surface area (TPSA) is 46.6 Å². The molecular weight excluding hydrogens is 206 g/mol. The lowest BCUT2D eigenvalue weighted by Gasteiger charge is -2.17. The fourth-order valence-electron chi connectivity index (χ4n) is 1.51. The van der Waals surface area contributed by atoms with Gasteiger partial charge >= 0.3 is 5.97 Å². The zero-order valence-electron chi connectivity index (χ0n) is 9.06. The minimum Gasteiger partial charge on any atom is -0.422 e. The van der Waals surface area contributed by atoms with Crippen molar-refractivity contribution in [1.82, 2.24) is 4.90 Å². The monoisotopic (exact) mass is 217 g/mol. The fraction of sp³-hybridized carbons (Fsp3) is 0.167. The Morgan fingerprint density at radius 2 is 1.88 bits per heavy atom. The van der Waals surface area contributed by atoms with E-state index in [1.807, 2.05) is 0 Å². The highest BCUT2D eigenvalue weighted by atomic mass is 16.5. The van der Waals surface area contributed by atoms with E-state index in [9.17, 15) is 9.59 Å². The molecule has 0 bridgehead atoms. The number of Topliss-reactive ketones (excluding diaryl/α,β-unsaturated/α-hetero) is 1. The molecule has 0 N–H and O–H groups in total. The second kappa shape index (κ2) is 3.81. The molecule has 4 nitrogen and oxygen atoms in total. The largest absolute Gasteiger partial charge is 0.422 e. The van der Waals surface area contributed by atoms with E-state index in [4.69, 9.17) is 4.74 Å². The van der Waals surface area contributed by atoms with Crippen molar-refractivity contribution in [1.29, 1.82) is 0 Å². The van der Waals surface area contributed by atoms with Gasteiger partial charge in [0.2, 0.25) is 5.78 Å². The minimum atomic E-state index is -0.600. The summed E-state index contributed by atoms with van der Waals surface area (Å²) in [7, 11) is 3.49. The summed E-state index contributed by atoms with van der Waals surface area (Å²) in [4.78, 5) is 25.2. The number of ether oxygens (including phenoxy) is 1. The number of carbonyl (C=O) groups excluding carboxylic acids is 2. The summed E-state index contributed by atoms with van der Waals surface area (Å²) < 4.78 is 5.06. The molecule has 1 heterocycles. The maximum absolute atomic E-state index is 12.0. The van der Waals surface area contributed by atoms with Crippen LogP contribution in [-0.2, 0) is 4.79 Å². The summed E-state index contributed by atoms with van der Waals surface area (Å²) in [5.41, 5.74) is 0.485. The molecule has 2 rings (SSSR count). The number of para-hydroxylation sites is 1. The maximum Gasteiger partial charge on any atom is 0.349 e. The van der Waals surface area contributed by atoms with Gasteiger partial charge in [0.25, 0.3) is 0 Å². The number of rotatable bonds is 1. The smallest absolute Gasteiger partial charge is 0.349 e. The van der Waals surface area contributed by atoms with Gasteiger partial charge in [0.15, 0.2) is 0 Å². The highest BCUT2D eigenvalue weighted by Crippen LogP contribution is 2.27. The zero-order valence-corrected chi connectivity index (χ0v) is 9.06. The van der Waals surface area contributed by atoms with Gasteiger partial charge in [-0.05, 0) is 12.1 Å². The molecule has 1 aromatic rings. The number of esters is 1. The van der Waals surface area contributed by atoms with Crippen LogP contribution in [0.5, 0.6) is 5.75 Å². The van der Waals surface area contributed by atoms with Crippen molar-refractivity contribution in [2.24, 2.45) is 0 Å². The molecule has 0 aromatic heterocycles. The molecule has 4 heteroatoms. The lowest BCUT2D eigenvalue weighted by Crippen LogP contribution is -2.26. The molecule has 1 aliphatic heterocycles. The predicted octanol–water partition coefficient (Wildman–Crippen LogP) is 1.23. The van der Waals surface area contributed by atoms with Crippen LogP contribution in [0.2, 0.25) is 0 Å². The van der Waals surface area contributed by atoms with Crippen LogP contribution in [0.4, 0.5) is 0 Å². The summed E-state index contributed by atoms with van der Waals surface area (Å²) in [6, 6.07) is 6.72. The SMILES string of the molecule is CN(C)C=C1C(=O)Oc2ccccc2C1=O. The Balaban J connectivity index is 2.50. The Morgan fingerprint density at radius 3 is 2.56 bits per heavy atom. The van der Waals surface area contributed by atoms with Gasteiger partial charge in [0, 0.05) is 20.3 Å². The highest BCUT2D eigenvalue weighted by Gasteiger charge is 2.30. The number of ketones is 1. The Bertz CT molecular complexity index is 489. The van der Waals surface area contributed by atoms with Gasteiger partial charge in [-0.25, -0.2) is 4.79 Å². The summed E-state index contributed by atoms with van der Waals surface area (Å²) in [5, 5.41) is 0. The van der Waals surface area contributed by atoms with Crippen LogP contribution in [0.1, 0.15) is 10.4 Å². The Morgan fingerprint density at radius 1 is 1.19 bits per heavy atom. The van der Waals surface area contributed by atoms with E-state index in [1.165, 1.54) is 6.20 Å². The molecule has 0 fully saturated rings. The second-order valence-corrected chi connectivity index (χ2v) is 3.72. The lowest BCUT2D eigenvalue weighted by molar-refractivity contribution is -0.130. The summed E-state index contributed by atoms with van der Waals surface area (Å²) in [6.45, 7) is 0. The summed E-state index contributed by atoms with van der Waals surface area (Å²) >= 11 is 0. The third-order valence-electron chi connectivity index (χ3n) is 2.19. The van der Waals surface area contributed by atoms with Crippen LogP contribution < -0.4 is 4.74 Å². The van der Waals surface area contributed by atoms with Crippen LogP contribution in [0, 0.1) is 0 Å². The molecule has 0 amide bonds. The van der Waals surface area contributed by atoms with Crippen LogP contribution in [0.3, 0.4) is 0 Å². The molecule has 0 saturated carbocycles. The quantitative estimate of drug-likeness (QED) is 0.307. The molecule has 0 saturated heterocycles.